The third-order valence-corrected chi connectivity index (χ3v) is 2.68. The summed E-state index contributed by atoms with van der Waals surface area (Å²) in [7, 11) is 5.11. The fraction of sp³-hybridized carbons (Fsp3) is 0.667. The van der Waals surface area contributed by atoms with E-state index in [-0.39, 0.29) is 37.0 Å². The lowest BCUT2D eigenvalue weighted by Gasteiger charge is -2.36. The Morgan fingerprint density at radius 1 is 1.39 bits per heavy atom. The number of halogens is 1. The fourth-order valence-corrected chi connectivity index (χ4v) is 1.55. The highest BCUT2D eigenvalue weighted by molar-refractivity contribution is 5.92. The third-order valence-electron chi connectivity index (χ3n) is 2.68. The molecule has 0 fully saturated rings. The molecule has 0 heterocycles. The van der Waals surface area contributed by atoms with Gasteiger partial charge < -0.3 is 22.5 Å². The average Bonchev–Trinajstić information content (AvgIpc) is 2.23. The summed E-state index contributed by atoms with van der Waals surface area (Å²) < 4.78 is 5.00. The Morgan fingerprint density at radius 3 is 2.22 bits per heavy atom. The number of carbonyl (C=O) groups is 2. The Hall–Kier alpha value is -1.07. The largest absolute Gasteiger partial charge is 1.00 e. The van der Waals surface area contributed by atoms with Gasteiger partial charge in [-0.15, -0.1) is 0 Å². The van der Waals surface area contributed by atoms with Crippen molar-refractivity contribution in [2.24, 2.45) is 0 Å². The molecular formula is C12H23ClN2O3. The summed E-state index contributed by atoms with van der Waals surface area (Å²) in [4.78, 5) is 22.9. The minimum Gasteiger partial charge on any atom is -1.00 e. The van der Waals surface area contributed by atoms with Gasteiger partial charge >= 0.3 is 5.97 Å². The first-order chi connectivity index (χ1) is 7.74. The maximum absolute atomic E-state index is 11.6. The van der Waals surface area contributed by atoms with E-state index in [4.69, 9.17) is 0 Å². The van der Waals surface area contributed by atoms with Gasteiger partial charge in [0.25, 0.3) is 5.91 Å². The number of nitrogens with zero attached hydrogens (tertiary/aromatic N) is 1. The zero-order chi connectivity index (χ0) is 13.6. The van der Waals surface area contributed by atoms with E-state index in [1.165, 1.54) is 7.11 Å². The van der Waals surface area contributed by atoms with E-state index in [0.717, 1.165) is 6.42 Å². The number of methoxy groups -OCH3 is 1. The van der Waals surface area contributed by atoms with E-state index in [1.54, 1.807) is 6.92 Å². The van der Waals surface area contributed by atoms with Gasteiger partial charge in [-0.3, -0.25) is 9.28 Å². The van der Waals surface area contributed by atoms with Crippen molar-refractivity contribution >= 4 is 11.9 Å². The molecule has 0 rings (SSSR count). The van der Waals surface area contributed by atoms with Gasteiger partial charge in [0.05, 0.1) is 21.2 Å². The zero-order valence-corrected chi connectivity index (χ0v) is 12.5. The van der Waals surface area contributed by atoms with E-state index < -0.39 is 0 Å². The van der Waals surface area contributed by atoms with Gasteiger partial charge in [0.15, 0.2) is 12.7 Å². The molecule has 0 saturated heterocycles. The highest BCUT2D eigenvalue weighted by atomic mass is 35.5. The molecular weight excluding hydrogens is 256 g/mol. The Labute approximate surface area is 115 Å². The number of amides is 1. The second-order valence-electron chi connectivity index (χ2n) is 4.69. The zero-order valence-electron chi connectivity index (χ0n) is 11.7. The molecule has 106 valence electrons. The van der Waals surface area contributed by atoms with E-state index in [0.29, 0.717) is 10.1 Å². The first-order valence-corrected chi connectivity index (χ1v) is 5.60. The molecule has 0 aromatic carbocycles. The van der Waals surface area contributed by atoms with Crippen LogP contribution in [0.25, 0.3) is 0 Å². The molecule has 0 aliphatic heterocycles. The summed E-state index contributed by atoms with van der Waals surface area (Å²) in [6.45, 7) is 7.42. The highest BCUT2D eigenvalue weighted by Crippen LogP contribution is 2.09. The van der Waals surface area contributed by atoms with Crippen molar-refractivity contribution in [2.45, 2.75) is 26.4 Å². The predicted molar refractivity (Wildman–Crippen MR) is 66.0 cm³/mol. The van der Waals surface area contributed by atoms with E-state index in [1.807, 2.05) is 21.0 Å². The highest BCUT2D eigenvalue weighted by Gasteiger charge is 2.31. The molecule has 0 aromatic rings. The number of ether oxygens (including phenoxy) is 1. The summed E-state index contributed by atoms with van der Waals surface area (Å²) in [6.07, 6.45) is 0.585. The number of hydrogen-bond acceptors (Lipinski definition) is 3. The van der Waals surface area contributed by atoms with Gasteiger partial charge in [-0.2, -0.15) is 0 Å². The minimum atomic E-state index is -0.293. The molecule has 1 amide bonds. The maximum atomic E-state index is 11.6. The van der Waals surface area contributed by atoms with Crippen LogP contribution in [-0.2, 0) is 14.3 Å². The van der Waals surface area contributed by atoms with Gasteiger partial charge in [-0.05, 0) is 6.92 Å². The van der Waals surface area contributed by atoms with Crippen molar-refractivity contribution in [3.8, 4) is 0 Å². The van der Waals surface area contributed by atoms with Crippen LogP contribution in [-0.4, -0.2) is 50.3 Å². The number of quaternary nitrogens is 1. The van der Waals surface area contributed by atoms with Gasteiger partial charge in [0, 0.05) is 12.0 Å². The van der Waals surface area contributed by atoms with Gasteiger partial charge in [-0.25, -0.2) is 4.79 Å². The van der Waals surface area contributed by atoms with Crippen LogP contribution in [0.5, 0.6) is 0 Å². The lowest BCUT2D eigenvalue weighted by Crippen LogP contribution is -3.00. The number of carbonyl (C=O) groups excluding carboxylic acids is 2. The molecule has 0 aliphatic rings. The lowest BCUT2D eigenvalue weighted by molar-refractivity contribution is -0.910. The first-order valence-electron chi connectivity index (χ1n) is 5.60. The molecule has 1 N–H and O–H groups in total. The van der Waals surface area contributed by atoms with Crippen LogP contribution in [0.3, 0.4) is 0 Å². The van der Waals surface area contributed by atoms with Crippen LogP contribution < -0.4 is 17.7 Å². The van der Waals surface area contributed by atoms with Crippen LogP contribution in [0, 0.1) is 0 Å². The van der Waals surface area contributed by atoms with Crippen molar-refractivity contribution < 1.29 is 31.2 Å². The maximum Gasteiger partial charge on any atom is 0.361 e. The molecule has 0 radical (unpaired) electrons. The van der Waals surface area contributed by atoms with Crippen molar-refractivity contribution in [1.29, 1.82) is 0 Å². The number of nitrogens with one attached hydrogen (secondary N) is 1. The summed E-state index contributed by atoms with van der Waals surface area (Å²) in [5.41, 5.74) is 0.460. The summed E-state index contributed by atoms with van der Waals surface area (Å²) in [6, 6.07) is 0. The molecule has 0 spiro atoms. The smallest absolute Gasteiger partial charge is 0.361 e. The molecule has 0 bridgehead atoms. The monoisotopic (exact) mass is 278 g/mol. The number of hydrogen-bond donors (Lipinski definition) is 1. The molecule has 6 heteroatoms. The standard InChI is InChI=1S/C12H22N2O3.ClH/c1-7-10(13-12(16)9(2)3)14(4,5)8-11(15)17-6;/h10H,2,7-8H2,1,3-6H3;1H. The topological polar surface area (TPSA) is 55.4 Å². The van der Waals surface area contributed by atoms with Crippen molar-refractivity contribution in [2.75, 3.05) is 27.7 Å². The second-order valence-corrected chi connectivity index (χ2v) is 4.69. The number of esters is 1. The van der Waals surface area contributed by atoms with Crippen molar-refractivity contribution in [1.82, 2.24) is 5.32 Å². The van der Waals surface area contributed by atoms with Gasteiger partial charge in [0.1, 0.15) is 0 Å². The van der Waals surface area contributed by atoms with E-state index in [9.17, 15) is 9.59 Å². The summed E-state index contributed by atoms with van der Waals surface area (Å²) in [5.74, 6) is -0.481. The Bertz CT molecular complexity index is 316. The molecule has 0 saturated carbocycles. The van der Waals surface area contributed by atoms with Gasteiger partial charge in [0.2, 0.25) is 0 Å². The third kappa shape index (κ3) is 6.02. The molecule has 0 aromatic heterocycles. The molecule has 1 unspecified atom stereocenters. The Morgan fingerprint density at radius 2 is 1.89 bits per heavy atom. The van der Waals surface area contributed by atoms with Crippen LogP contribution in [0.2, 0.25) is 0 Å². The molecule has 18 heavy (non-hydrogen) atoms. The number of rotatable bonds is 6. The van der Waals surface area contributed by atoms with Crippen molar-refractivity contribution in [3.05, 3.63) is 12.2 Å². The van der Waals surface area contributed by atoms with Crippen LogP contribution in [0.1, 0.15) is 20.3 Å². The SMILES string of the molecule is C=C(C)C(=O)NC(CC)[N+](C)(C)CC(=O)OC.[Cl-]. The van der Waals surface area contributed by atoms with E-state index in [2.05, 4.69) is 16.6 Å². The van der Waals surface area contributed by atoms with Crippen molar-refractivity contribution in [3.63, 3.8) is 0 Å². The molecule has 0 aliphatic carbocycles. The fourth-order valence-electron chi connectivity index (χ4n) is 1.55. The Balaban J connectivity index is 0. The first kappa shape index (κ1) is 19.3. The second kappa shape index (κ2) is 8.11. The quantitative estimate of drug-likeness (QED) is 0.257. The van der Waals surface area contributed by atoms with Crippen LogP contribution >= 0.6 is 0 Å². The molecule has 1 atom stereocenters. The lowest BCUT2D eigenvalue weighted by atomic mass is 10.2. The normalized spacial score (nSPS) is 12.1. The minimum absolute atomic E-state index is 0. The average molecular weight is 279 g/mol. The Kier molecular flexibility index (Phi) is 8.68. The van der Waals surface area contributed by atoms with E-state index >= 15 is 0 Å². The summed E-state index contributed by atoms with van der Waals surface area (Å²) in [5, 5.41) is 2.86. The van der Waals surface area contributed by atoms with Crippen LogP contribution in [0.15, 0.2) is 12.2 Å². The number of likely N-dealkylation sites (N-methyl/N-ethyl adjacent to an activating group) is 1. The summed E-state index contributed by atoms with van der Waals surface area (Å²) >= 11 is 0. The van der Waals surface area contributed by atoms with Gasteiger partial charge in [-0.1, -0.05) is 13.5 Å². The predicted octanol–water partition coefficient (Wildman–Crippen LogP) is -2.33. The van der Waals surface area contributed by atoms with Crippen LogP contribution in [0.4, 0.5) is 0 Å². The molecule has 5 nitrogen and oxygen atoms in total.